The number of hydrogen-bond donors (Lipinski definition) is 2. The summed E-state index contributed by atoms with van der Waals surface area (Å²) in [5.74, 6) is -0.0952. The van der Waals surface area contributed by atoms with Gasteiger partial charge in [0.2, 0.25) is 15.9 Å². The van der Waals surface area contributed by atoms with Gasteiger partial charge in [-0.25, -0.2) is 13.1 Å². The second-order valence-electron chi connectivity index (χ2n) is 4.22. The molecule has 100 valence electrons. The highest BCUT2D eigenvalue weighted by molar-refractivity contribution is 7.89. The van der Waals surface area contributed by atoms with Crippen LogP contribution in [-0.2, 0) is 14.8 Å². The lowest BCUT2D eigenvalue weighted by Gasteiger charge is -2.15. The topological polar surface area (TPSA) is 92.5 Å². The van der Waals surface area contributed by atoms with Crippen molar-refractivity contribution in [3.8, 4) is 0 Å². The van der Waals surface area contributed by atoms with Crippen molar-refractivity contribution in [2.24, 2.45) is 5.73 Å². The number of nitrogens with zero attached hydrogens (tertiary/aromatic N) is 1. The van der Waals surface area contributed by atoms with Crippen molar-refractivity contribution in [1.82, 2.24) is 9.62 Å². The van der Waals surface area contributed by atoms with Crippen molar-refractivity contribution in [1.29, 1.82) is 0 Å². The summed E-state index contributed by atoms with van der Waals surface area (Å²) in [7, 11) is -3.33. The number of nitrogens with two attached hydrogens (primary N) is 1. The lowest BCUT2D eigenvalue weighted by molar-refractivity contribution is -0.128. The first-order chi connectivity index (χ1) is 8.05. The Morgan fingerprint density at radius 2 is 1.88 bits per heavy atom. The first-order valence-corrected chi connectivity index (χ1v) is 7.65. The molecule has 0 spiro atoms. The fourth-order valence-corrected chi connectivity index (χ4v) is 2.83. The number of carbonyl (C=O) groups is 1. The number of sulfonamides is 1. The van der Waals surface area contributed by atoms with Crippen LogP contribution in [0.15, 0.2) is 0 Å². The van der Waals surface area contributed by atoms with Crippen LogP contribution in [0.25, 0.3) is 0 Å². The summed E-state index contributed by atoms with van der Waals surface area (Å²) in [6.07, 6.45) is 3.23. The van der Waals surface area contributed by atoms with E-state index in [0.29, 0.717) is 19.4 Å². The van der Waals surface area contributed by atoms with Gasteiger partial charge in [-0.1, -0.05) is 0 Å². The van der Waals surface area contributed by atoms with Crippen molar-refractivity contribution in [2.75, 3.05) is 31.9 Å². The van der Waals surface area contributed by atoms with Crippen LogP contribution in [0, 0.1) is 0 Å². The summed E-state index contributed by atoms with van der Waals surface area (Å²) in [5.41, 5.74) is 5.29. The molecule has 6 nitrogen and oxygen atoms in total. The van der Waals surface area contributed by atoms with Gasteiger partial charge in [0.05, 0.1) is 12.3 Å². The van der Waals surface area contributed by atoms with E-state index in [4.69, 9.17) is 5.73 Å². The maximum absolute atomic E-state index is 11.6. The molecule has 0 aromatic rings. The minimum atomic E-state index is -3.33. The van der Waals surface area contributed by atoms with Crippen LogP contribution in [0.2, 0.25) is 0 Å². The van der Waals surface area contributed by atoms with Gasteiger partial charge in [0.1, 0.15) is 0 Å². The molecule has 0 radical (unpaired) electrons. The van der Waals surface area contributed by atoms with E-state index in [2.05, 4.69) is 4.72 Å². The van der Waals surface area contributed by atoms with E-state index in [1.54, 1.807) is 4.90 Å². The van der Waals surface area contributed by atoms with Gasteiger partial charge in [0.15, 0.2) is 0 Å². The molecule has 3 N–H and O–H groups in total. The quantitative estimate of drug-likeness (QED) is 0.592. The predicted molar refractivity (Wildman–Crippen MR) is 65.9 cm³/mol. The van der Waals surface area contributed by atoms with Gasteiger partial charge in [-0.15, -0.1) is 0 Å². The number of hydrogen-bond acceptors (Lipinski definition) is 4. The molecule has 0 bridgehead atoms. The molecular formula is C10H21N3O3S. The third-order valence-electron chi connectivity index (χ3n) is 2.77. The molecule has 7 heteroatoms. The summed E-state index contributed by atoms with van der Waals surface area (Å²) in [4.78, 5) is 13.3. The molecule has 1 rings (SSSR count). The average Bonchev–Trinajstić information content (AvgIpc) is 2.80. The third kappa shape index (κ3) is 5.47. The van der Waals surface area contributed by atoms with Gasteiger partial charge in [-0.3, -0.25) is 4.79 Å². The van der Waals surface area contributed by atoms with Gasteiger partial charge < -0.3 is 10.6 Å². The highest BCUT2D eigenvalue weighted by Crippen LogP contribution is 2.06. The first kappa shape index (κ1) is 14.4. The van der Waals surface area contributed by atoms with Gasteiger partial charge in [0, 0.05) is 13.1 Å². The smallest absolute Gasteiger partial charge is 0.237 e. The Balaban J connectivity index is 2.26. The van der Waals surface area contributed by atoms with Gasteiger partial charge in [-0.05, 0) is 32.2 Å². The molecule has 1 heterocycles. The standard InChI is InChI=1S/C10H21N3O3S/c11-5-1-4-8-17(15,16)12-9-10(14)13-6-2-3-7-13/h12H,1-9,11H2. The number of nitrogens with one attached hydrogen (secondary N) is 1. The van der Waals surface area contributed by atoms with Crippen LogP contribution in [-0.4, -0.2) is 51.2 Å². The van der Waals surface area contributed by atoms with E-state index in [9.17, 15) is 13.2 Å². The zero-order chi connectivity index (χ0) is 12.7. The highest BCUT2D eigenvalue weighted by Gasteiger charge is 2.19. The molecule has 1 aliphatic rings. The van der Waals surface area contributed by atoms with Crippen LogP contribution >= 0.6 is 0 Å². The monoisotopic (exact) mass is 263 g/mol. The molecule has 17 heavy (non-hydrogen) atoms. The van der Waals surface area contributed by atoms with E-state index < -0.39 is 10.0 Å². The zero-order valence-electron chi connectivity index (χ0n) is 10.0. The van der Waals surface area contributed by atoms with Crippen LogP contribution in [0.1, 0.15) is 25.7 Å². The molecule has 1 fully saturated rings. The van der Waals surface area contributed by atoms with Crippen LogP contribution in [0.4, 0.5) is 0 Å². The Kier molecular flexibility index (Phi) is 5.87. The largest absolute Gasteiger partial charge is 0.342 e. The van der Waals surface area contributed by atoms with E-state index in [-0.39, 0.29) is 18.2 Å². The van der Waals surface area contributed by atoms with Crippen LogP contribution < -0.4 is 10.5 Å². The zero-order valence-corrected chi connectivity index (χ0v) is 10.8. The third-order valence-corrected chi connectivity index (χ3v) is 4.18. The Morgan fingerprint density at radius 3 is 2.47 bits per heavy atom. The summed E-state index contributed by atoms with van der Waals surface area (Å²) in [5, 5.41) is 0. The second-order valence-corrected chi connectivity index (χ2v) is 6.15. The van der Waals surface area contributed by atoms with Gasteiger partial charge >= 0.3 is 0 Å². The van der Waals surface area contributed by atoms with Crippen molar-refractivity contribution in [3.63, 3.8) is 0 Å². The molecule has 0 aliphatic carbocycles. The summed E-state index contributed by atoms with van der Waals surface area (Å²) >= 11 is 0. The molecule has 1 amide bonds. The Labute approximate surface area is 103 Å². The number of amides is 1. The molecule has 0 atom stereocenters. The SMILES string of the molecule is NCCCCS(=O)(=O)NCC(=O)N1CCCC1. The van der Waals surface area contributed by atoms with E-state index in [0.717, 1.165) is 25.9 Å². The highest BCUT2D eigenvalue weighted by atomic mass is 32.2. The molecule has 0 aromatic carbocycles. The summed E-state index contributed by atoms with van der Waals surface area (Å²) in [6.45, 7) is 1.86. The first-order valence-electron chi connectivity index (χ1n) is 6.00. The van der Waals surface area contributed by atoms with E-state index in [1.807, 2.05) is 0 Å². The predicted octanol–water partition coefficient (Wildman–Crippen LogP) is -0.733. The number of carbonyl (C=O) groups excluding carboxylic acids is 1. The van der Waals surface area contributed by atoms with Gasteiger partial charge in [0.25, 0.3) is 0 Å². The number of unbranched alkanes of at least 4 members (excludes halogenated alkanes) is 1. The van der Waals surface area contributed by atoms with E-state index >= 15 is 0 Å². The second kappa shape index (κ2) is 6.93. The Bertz CT molecular complexity index is 337. The van der Waals surface area contributed by atoms with Crippen molar-refractivity contribution in [2.45, 2.75) is 25.7 Å². The molecule has 1 saturated heterocycles. The molecule has 0 unspecified atom stereocenters. The minimum Gasteiger partial charge on any atom is -0.342 e. The fraction of sp³-hybridized carbons (Fsp3) is 0.900. The van der Waals surface area contributed by atoms with E-state index in [1.165, 1.54) is 0 Å². The number of rotatable bonds is 7. The molecule has 0 aromatic heterocycles. The van der Waals surface area contributed by atoms with Crippen molar-refractivity contribution >= 4 is 15.9 Å². The van der Waals surface area contributed by atoms with Crippen LogP contribution in [0.5, 0.6) is 0 Å². The molecular weight excluding hydrogens is 242 g/mol. The van der Waals surface area contributed by atoms with Crippen molar-refractivity contribution < 1.29 is 13.2 Å². The summed E-state index contributed by atoms with van der Waals surface area (Å²) in [6, 6.07) is 0. The van der Waals surface area contributed by atoms with Gasteiger partial charge in [-0.2, -0.15) is 0 Å². The fourth-order valence-electron chi connectivity index (χ4n) is 1.76. The summed E-state index contributed by atoms with van der Waals surface area (Å²) < 4.78 is 25.3. The molecule has 0 saturated carbocycles. The van der Waals surface area contributed by atoms with Crippen LogP contribution in [0.3, 0.4) is 0 Å². The Hall–Kier alpha value is -0.660. The Morgan fingerprint density at radius 1 is 1.24 bits per heavy atom. The lowest BCUT2D eigenvalue weighted by atomic mass is 10.3. The molecule has 1 aliphatic heterocycles. The van der Waals surface area contributed by atoms with Crippen molar-refractivity contribution in [3.05, 3.63) is 0 Å². The normalized spacial score (nSPS) is 16.4. The minimum absolute atomic E-state index is 0.0392. The number of likely N-dealkylation sites (tertiary alicyclic amines) is 1. The average molecular weight is 263 g/mol. The maximum atomic E-state index is 11.6. The maximum Gasteiger partial charge on any atom is 0.237 e. The lowest BCUT2D eigenvalue weighted by Crippen LogP contribution is -2.39.